The van der Waals surface area contributed by atoms with E-state index >= 15 is 0 Å². The lowest BCUT2D eigenvalue weighted by atomic mass is 10.1. The number of aromatic carboxylic acids is 1. The zero-order valence-electron chi connectivity index (χ0n) is 10.9. The van der Waals surface area contributed by atoms with Crippen LogP contribution in [0, 0.1) is 13.8 Å². The van der Waals surface area contributed by atoms with Gasteiger partial charge in [0.2, 0.25) is 11.8 Å². The summed E-state index contributed by atoms with van der Waals surface area (Å²) < 4.78 is 0. The molecule has 0 radical (unpaired) electrons. The van der Waals surface area contributed by atoms with E-state index in [9.17, 15) is 19.2 Å². The first-order valence-electron chi connectivity index (χ1n) is 5.85. The Morgan fingerprint density at radius 1 is 1.15 bits per heavy atom. The standard InChI is InChI=1S/C12H13N3O5/c1-5-9(6(2)13-10(5)12(19)20)11(18)15-3-7(16)14-8(17)4-15/h13H,3-4H2,1-2H3,(H,19,20)(H,14,16,17). The van der Waals surface area contributed by atoms with Crippen molar-refractivity contribution in [2.24, 2.45) is 0 Å². The van der Waals surface area contributed by atoms with Crippen LogP contribution in [-0.2, 0) is 9.59 Å². The van der Waals surface area contributed by atoms with Crippen molar-refractivity contribution < 1.29 is 24.3 Å². The van der Waals surface area contributed by atoms with E-state index in [2.05, 4.69) is 10.3 Å². The molecule has 3 amide bonds. The zero-order chi connectivity index (χ0) is 15.0. The van der Waals surface area contributed by atoms with Crippen LogP contribution >= 0.6 is 0 Å². The molecule has 0 atom stereocenters. The SMILES string of the molecule is Cc1[nH]c(C(=O)O)c(C)c1C(=O)N1CC(=O)NC(=O)C1. The number of hydrogen-bond donors (Lipinski definition) is 3. The van der Waals surface area contributed by atoms with E-state index in [-0.39, 0.29) is 24.3 Å². The number of rotatable bonds is 2. The molecule has 1 aliphatic heterocycles. The number of imide groups is 1. The Hall–Kier alpha value is -2.64. The van der Waals surface area contributed by atoms with E-state index < -0.39 is 23.7 Å². The number of piperazine rings is 1. The molecule has 3 N–H and O–H groups in total. The minimum absolute atomic E-state index is 0.0707. The summed E-state index contributed by atoms with van der Waals surface area (Å²) in [6, 6.07) is 0. The van der Waals surface area contributed by atoms with Gasteiger partial charge in [-0.05, 0) is 19.4 Å². The first-order chi connectivity index (χ1) is 9.31. The maximum Gasteiger partial charge on any atom is 0.352 e. The number of aromatic amines is 1. The molecule has 0 saturated carbocycles. The van der Waals surface area contributed by atoms with Crippen LogP contribution in [0.1, 0.15) is 32.1 Å². The second-order valence-electron chi connectivity index (χ2n) is 4.56. The van der Waals surface area contributed by atoms with Crippen molar-refractivity contribution in [3.8, 4) is 0 Å². The highest BCUT2D eigenvalue weighted by molar-refractivity contribution is 6.07. The molecule has 8 nitrogen and oxygen atoms in total. The maximum atomic E-state index is 12.3. The average molecular weight is 279 g/mol. The van der Waals surface area contributed by atoms with Gasteiger partial charge in [-0.3, -0.25) is 19.7 Å². The third-order valence-corrected chi connectivity index (χ3v) is 3.10. The van der Waals surface area contributed by atoms with Crippen LogP contribution in [0.4, 0.5) is 0 Å². The van der Waals surface area contributed by atoms with E-state index in [4.69, 9.17) is 5.11 Å². The predicted molar refractivity (Wildman–Crippen MR) is 66.3 cm³/mol. The molecule has 1 aromatic heterocycles. The van der Waals surface area contributed by atoms with Gasteiger partial charge in [0.15, 0.2) is 0 Å². The van der Waals surface area contributed by atoms with Crippen molar-refractivity contribution in [1.29, 1.82) is 0 Å². The lowest BCUT2D eigenvalue weighted by molar-refractivity contribution is -0.135. The fourth-order valence-electron chi connectivity index (χ4n) is 2.22. The predicted octanol–water partition coefficient (Wildman–Crippen LogP) is -0.572. The Balaban J connectivity index is 2.36. The van der Waals surface area contributed by atoms with Gasteiger partial charge in [-0.25, -0.2) is 4.79 Å². The van der Waals surface area contributed by atoms with E-state index in [0.717, 1.165) is 4.90 Å². The van der Waals surface area contributed by atoms with Gasteiger partial charge in [0.1, 0.15) is 18.8 Å². The average Bonchev–Trinajstić information content (AvgIpc) is 2.63. The lowest BCUT2D eigenvalue weighted by Crippen LogP contribution is -2.53. The molecule has 106 valence electrons. The lowest BCUT2D eigenvalue weighted by Gasteiger charge is -2.25. The van der Waals surface area contributed by atoms with E-state index in [1.807, 2.05) is 0 Å². The fourth-order valence-corrected chi connectivity index (χ4v) is 2.22. The van der Waals surface area contributed by atoms with Crippen LogP contribution in [0.3, 0.4) is 0 Å². The van der Waals surface area contributed by atoms with Crippen LogP contribution in [0.2, 0.25) is 0 Å². The van der Waals surface area contributed by atoms with E-state index in [1.165, 1.54) is 6.92 Å². The zero-order valence-corrected chi connectivity index (χ0v) is 10.9. The molecule has 0 unspecified atom stereocenters. The summed E-state index contributed by atoms with van der Waals surface area (Å²) in [4.78, 5) is 49.6. The van der Waals surface area contributed by atoms with Gasteiger partial charge < -0.3 is 15.0 Å². The molecule has 0 spiro atoms. The number of H-pyrrole nitrogens is 1. The second-order valence-corrected chi connectivity index (χ2v) is 4.56. The highest BCUT2D eigenvalue weighted by Crippen LogP contribution is 2.20. The number of nitrogens with one attached hydrogen (secondary N) is 2. The largest absolute Gasteiger partial charge is 0.477 e. The smallest absolute Gasteiger partial charge is 0.352 e. The molecule has 2 rings (SSSR count). The van der Waals surface area contributed by atoms with Crippen LogP contribution in [0.15, 0.2) is 0 Å². The van der Waals surface area contributed by atoms with Crippen molar-refractivity contribution in [2.75, 3.05) is 13.1 Å². The quantitative estimate of drug-likeness (QED) is 0.626. The summed E-state index contributed by atoms with van der Waals surface area (Å²) in [5.74, 6) is -2.82. The molecule has 1 saturated heterocycles. The number of amides is 3. The summed E-state index contributed by atoms with van der Waals surface area (Å²) in [6.07, 6.45) is 0. The monoisotopic (exact) mass is 279 g/mol. The van der Waals surface area contributed by atoms with Crippen molar-refractivity contribution in [3.63, 3.8) is 0 Å². The van der Waals surface area contributed by atoms with Gasteiger partial charge in [-0.1, -0.05) is 0 Å². The third kappa shape index (κ3) is 2.27. The van der Waals surface area contributed by atoms with Crippen molar-refractivity contribution >= 4 is 23.7 Å². The van der Waals surface area contributed by atoms with Gasteiger partial charge in [0.05, 0.1) is 5.56 Å². The molecule has 1 fully saturated rings. The summed E-state index contributed by atoms with van der Waals surface area (Å²) in [6.45, 7) is 2.62. The molecule has 2 heterocycles. The van der Waals surface area contributed by atoms with Gasteiger partial charge in [-0.2, -0.15) is 0 Å². The first kappa shape index (κ1) is 13.8. The summed E-state index contributed by atoms with van der Waals surface area (Å²) in [5, 5.41) is 11.1. The summed E-state index contributed by atoms with van der Waals surface area (Å²) >= 11 is 0. The van der Waals surface area contributed by atoms with E-state index in [0.29, 0.717) is 11.3 Å². The van der Waals surface area contributed by atoms with Crippen molar-refractivity contribution in [3.05, 3.63) is 22.5 Å². The molecular formula is C12H13N3O5. The third-order valence-electron chi connectivity index (χ3n) is 3.10. The van der Waals surface area contributed by atoms with Gasteiger partial charge in [0.25, 0.3) is 5.91 Å². The maximum absolute atomic E-state index is 12.3. The normalized spacial score (nSPS) is 15.2. The van der Waals surface area contributed by atoms with Gasteiger partial charge in [-0.15, -0.1) is 0 Å². The number of aryl methyl sites for hydroxylation is 1. The molecule has 1 aromatic rings. The van der Waals surface area contributed by atoms with Crippen LogP contribution in [0.5, 0.6) is 0 Å². The molecule has 0 aromatic carbocycles. The van der Waals surface area contributed by atoms with Crippen LogP contribution in [0.25, 0.3) is 0 Å². The van der Waals surface area contributed by atoms with Crippen LogP contribution in [-0.4, -0.2) is 51.8 Å². The topological polar surface area (TPSA) is 120 Å². The number of carboxylic acids is 1. The number of aromatic nitrogens is 1. The Labute approximate surface area is 113 Å². The summed E-state index contributed by atoms with van der Waals surface area (Å²) in [7, 11) is 0. The number of hydrogen-bond acceptors (Lipinski definition) is 4. The number of carbonyl (C=O) groups excluding carboxylic acids is 3. The highest BCUT2D eigenvalue weighted by Gasteiger charge is 2.30. The van der Waals surface area contributed by atoms with Crippen molar-refractivity contribution in [2.45, 2.75) is 13.8 Å². The molecule has 0 aliphatic carbocycles. The molecule has 1 aliphatic rings. The molecular weight excluding hydrogens is 266 g/mol. The molecule has 20 heavy (non-hydrogen) atoms. The number of nitrogens with zero attached hydrogens (tertiary/aromatic N) is 1. The first-order valence-corrected chi connectivity index (χ1v) is 5.85. The molecule has 0 bridgehead atoms. The fraction of sp³-hybridized carbons (Fsp3) is 0.333. The second kappa shape index (κ2) is 4.80. The van der Waals surface area contributed by atoms with Gasteiger partial charge >= 0.3 is 5.97 Å². The Kier molecular flexibility index (Phi) is 3.31. The Bertz CT molecular complexity index is 615. The summed E-state index contributed by atoms with van der Waals surface area (Å²) in [5.41, 5.74) is 0.797. The number of carbonyl (C=O) groups is 4. The van der Waals surface area contributed by atoms with Crippen molar-refractivity contribution in [1.82, 2.24) is 15.2 Å². The van der Waals surface area contributed by atoms with E-state index in [1.54, 1.807) is 6.92 Å². The minimum Gasteiger partial charge on any atom is -0.477 e. The number of carboxylic acid groups (broad SMARTS) is 1. The highest BCUT2D eigenvalue weighted by atomic mass is 16.4. The molecule has 8 heteroatoms. The van der Waals surface area contributed by atoms with Crippen LogP contribution < -0.4 is 5.32 Å². The Morgan fingerprint density at radius 3 is 2.15 bits per heavy atom. The van der Waals surface area contributed by atoms with Gasteiger partial charge in [0, 0.05) is 5.69 Å². The Morgan fingerprint density at radius 2 is 1.70 bits per heavy atom. The minimum atomic E-state index is -1.17.